The lowest BCUT2D eigenvalue weighted by Gasteiger charge is -2.16. The Labute approximate surface area is 101 Å². The van der Waals surface area contributed by atoms with Crippen molar-refractivity contribution >= 4 is 0 Å². The molecule has 16 heavy (non-hydrogen) atoms. The molecule has 96 valence electrons. The maximum atomic E-state index is 5.37. The van der Waals surface area contributed by atoms with Crippen molar-refractivity contribution in [1.82, 2.24) is 5.32 Å². The summed E-state index contributed by atoms with van der Waals surface area (Å²) in [6, 6.07) is 0.683. The van der Waals surface area contributed by atoms with E-state index in [1.807, 2.05) is 0 Å². The molecular formula is C14H29NO. The molecule has 2 unspecified atom stereocenters. The summed E-state index contributed by atoms with van der Waals surface area (Å²) in [5.41, 5.74) is 0. The fourth-order valence-electron chi connectivity index (χ4n) is 2.27. The number of ether oxygens (including phenoxy) is 1. The van der Waals surface area contributed by atoms with Crippen LogP contribution in [-0.4, -0.2) is 25.8 Å². The molecule has 2 nitrogen and oxygen atoms in total. The Kier molecular flexibility index (Phi) is 7.87. The van der Waals surface area contributed by atoms with Crippen LogP contribution < -0.4 is 5.32 Å². The maximum absolute atomic E-state index is 5.37. The minimum atomic E-state index is 0.683. The fourth-order valence-corrected chi connectivity index (χ4v) is 2.27. The highest BCUT2D eigenvalue weighted by atomic mass is 16.5. The van der Waals surface area contributed by atoms with Crippen molar-refractivity contribution in [3.8, 4) is 0 Å². The van der Waals surface area contributed by atoms with Gasteiger partial charge in [-0.15, -0.1) is 0 Å². The van der Waals surface area contributed by atoms with Gasteiger partial charge in [0.1, 0.15) is 0 Å². The number of unbranched alkanes of at least 4 members (excludes halogenated alkanes) is 4. The van der Waals surface area contributed by atoms with Crippen molar-refractivity contribution in [3.05, 3.63) is 0 Å². The van der Waals surface area contributed by atoms with Crippen LogP contribution in [0.15, 0.2) is 0 Å². The van der Waals surface area contributed by atoms with E-state index in [4.69, 9.17) is 4.74 Å². The minimum absolute atomic E-state index is 0.683. The van der Waals surface area contributed by atoms with Gasteiger partial charge in [0.2, 0.25) is 0 Å². The van der Waals surface area contributed by atoms with E-state index in [2.05, 4.69) is 19.2 Å². The third-order valence-corrected chi connectivity index (χ3v) is 3.52. The Morgan fingerprint density at radius 1 is 1.25 bits per heavy atom. The molecule has 2 heteroatoms. The van der Waals surface area contributed by atoms with Gasteiger partial charge in [0.05, 0.1) is 6.61 Å². The average molecular weight is 227 g/mol. The van der Waals surface area contributed by atoms with Crippen molar-refractivity contribution in [1.29, 1.82) is 0 Å². The third-order valence-electron chi connectivity index (χ3n) is 3.52. The first-order valence-corrected chi connectivity index (χ1v) is 7.14. The Morgan fingerprint density at radius 3 is 2.75 bits per heavy atom. The standard InChI is InChI=1S/C14H29NO/c1-3-4-5-6-7-8-13(2)15-11-14-9-10-16-12-14/h13-15H,3-12H2,1-2H3. The van der Waals surface area contributed by atoms with Gasteiger partial charge < -0.3 is 10.1 Å². The smallest absolute Gasteiger partial charge is 0.0507 e. The topological polar surface area (TPSA) is 21.3 Å². The lowest BCUT2D eigenvalue weighted by molar-refractivity contribution is 0.184. The van der Waals surface area contributed by atoms with Crippen LogP contribution >= 0.6 is 0 Å². The van der Waals surface area contributed by atoms with Crippen LogP contribution in [0.3, 0.4) is 0 Å². The van der Waals surface area contributed by atoms with E-state index in [1.54, 1.807) is 0 Å². The van der Waals surface area contributed by atoms with Crippen LogP contribution in [0.2, 0.25) is 0 Å². The van der Waals surface area contributed by atoms with Crippen LogP contribution in [-0.2, 0) is 4.74 Å². The Hall–Kier alpha value is -0.0800. The lowest BCUT2D eigenvalue weighted by Crippen LogP contribution is -2.31. The molecular weight excluding hydrogens is 198 g/mol. The van der Waals surface area contributed by atoms with Crippen LogP contribution in [0, 0.1) is 5.92 Å². The highest BCUT2D eigenvalue weighted by molar-refractivity contribution is 4.69. The third kappa shape index (κ3) is 6.49. The second-order valence-electron chi connectivity index (χ2n) is 5.24. The Bertz CT molecular complexity index is 155. The lowest BCUT2D eigenvalue weighted by atomic mass is 10.1. The minimum Gasteiger partial charge on any atom is -0.381 e. The maximum Gasteiger partial charge on any atom is 0.0507 e. The fraction of sp³-hybridized carbons (Fsp3) is 1.00. The van der Waals surface area contributed by atoms with E-state index in [0.717, 1.165) is 25.7 Å². The largest absolute Gasteiger partial charge is 0.381 e. The van der Waals surface area contributed by atoms with E-state index in [-0.39, 0.29) is 0 Å². The molecule has 1 aliphatic rings. The summed E-state index contributed by atoms with van der Waals surface area (Å²) in [7, 11) is 0. The molecule has 0 aromatic rings. The predicted molar refractivity (Wildman–Crippen MR) is 69.8 cm³/mol. The molecule has 1 N–H and O–H groups in total. The monoisotopic (exact) mass is 227 g/mol. The molecule has 1 heterocycles. The van der Waals surface area contributed by atoms with Crippen molar-refractivity contribution < 1.29 is 4.74 Å². The van der Waals surface area contributed by atoms with Gasteiger partial charge in [-0.3, -0.25) is 0 Å². The zero-order valence-corrected chi connectivity index (χ0v) is 11.1. The van der Waals surface area contributed by atoms with Gasteiger partial charge in [-0.05, 0) is 25.7 Å². The van der Waals surface area contributed by atoms with Gasteiger partial charge in [0.15, 0.2) is 0 Å². The molecule has 1 rings (SSSR count). The first-order valence-electron chi connectivity index (χ1n) is 7.14. The van der Waals surface area contributed by atoms with E-state index >= 15 is 0 Å². The molecule has 0 bridgehead atoms. The van der Waals surface area contributed by atoms with Gasteiger partial charge in [-0.1, -0.05) is 39.0 Å². The number of hydrogen-bond donors (Lipinski definition) is 1. The van der Waals surface area contributed by atoms with Crippen molar-refractivity contribution in [2.45, 2.75) is 64.8 Å². The molecule has 0 aromatic heterocycles. The van der Waals surface area contributed by atoms with E-state index in [1.165, 1.54) is 44.9 Å². The van der Waals surface area contributed by atoms with Gasteiger partial charge in [-0.2, -0.15) is 0 Å². The Morgan fingerprint density at radius 2 is 2.06 bits per heavy atom. The van der Waals surface area contributed by atoms with Crippen molar-refractivity contribution in [2.24, 2.45) is 5.92 Å². The first-order chi connectivity index (χ1) is 7.83. The summed E-state index contributed by atoms with van der Waals surface area (Å²) >= 11 is 0. The molecule has 0 aliphatic carbocycles. The van der Waals surface area contributed by atoms with E-state index < -0.39 is 0 Å². The van der Waals surface area contributed by atoms with Crippen LogP contribution in [0.4, 0.5) is 0 Å². The van der Waals surface area contributed by atoms with Gasteiger partial charge in [0.25, 0.3) is 0 Å². The number of rotatable bonds is 9. The van der Waals surface area contributed by atoms with Crippen LogP contribution in [0.5, 0.6) is 0 Å². The summed E-state index contributed by atoms with van der Waals surface area (Å²) < 4.78 is 5.37. The van der Waals surface area contributed by atoms with Crippen molar-refractivity contribution in [3.63, 3.8) is 0 Å². The summed E-state index contributed by atoms with van der Waals surface area (Å²) in [4.78, 5) is 0. The van der Waals surface area contributed by atoms with Gasteiger partial charge in [0, 0.05) is 19.2 Å². The quantitative estimate of drug-likeness (QED) is 0.610. The predicted octanol–water partition coefficient (Wildman–Crippen LogP) is 3.36. The summed E-state index contributed by atoms with van der Waals surface area (Å²) in [6.07, 6.45) is 9.53. The molecule has 2 atom stereocenters. The Balaban J connectivity index is 1.87. The molecule has 0 aromatic carbocycles. The highest BCUT2D eigenvalue weighted by Crippen LogP contribution is 2.12. The molecule has 1 fully saturated rings. The highest BCUT2D eigenvalue weighted by Gasteiger charge is 2.15. The van der Waals surface area contributed by atoms with E-state index in [9.17, 15) is 0 Å². The zero-order valence-electron chi connectivity index (χ0n) is 11.1. The summed E-state index contributed by atoms with van der Waals surface area (Å²) in [5, 5.41) is 3.64. The number of hydrogen-bond acceptors (Lipinski definition) is 2. The number of nitrogens with one attached hydrogen (secondary N) is 1. The second kappa shape index (κ2) is 9.00. The van der Waals surface area contributed by atoms with Gasteiger partial charge in [-0.25, -0.2) is 0 Å². The van der Waals surface area contributed by atoms with Crippen LogP contribution in [0.1, 0.15) is 58.8 Å². The molecule has 0 spiro atoms. The first kappa shape index (κ1) is 14.0. The average Bonchev–Trinajstić information content (AvgIpc) is 2.79. The molecule has 1 aliphatic heterocycles. The molecule has 0 radical (unpaired) electrons. The van der Waals surface area contributed by atoms with Crippen molar-refractivity contribution in [2.75, 3.05) is 19.8 Å². The van der Waals surface area contributed by atoms with E-state index in [0.29, 0.717) is 6.04 Å². The SMILES string of the molecule is CCCCCCCC(C)NCC1CCOC1. The molecule has 0 saturated carbocycles. The van der Waals surface area contributed by atoms with Gasteiger partial charge >= 0.3 is 0 Å². The molecule has 1 saturated heterocycles. The zero-order chi connectivity index (χ0) is 11.6. The summed E-state index contributed by atoms with van der Waals surface area (Å²) in [6.45, 7) is 7.67. The molecule has 0 amide bonds. The summed E-state index contributed by atoms with van der Waals surface area (Å²) in [5.74, 6) is 0.766. The normalized spacial score (nSPS) is 22.5. The second-order valence-corrected chi connectivity index (χ2v) is 5.24. The van der Waals surface area contributed by atoms with Crippen LogP contribution in [0.25, 0.3) is 0 Å².